The minimum Gasteiger partial charge on any atom is -0.467 e. The van der Waals surface area contributed by atoms with E-state index < -0.39 is 0 Å². The van der Waals surface area contributed by atoms with Gasteiger partial charge >= 0.3 is 0 Å². The third-order valence-corrected chi connectivity index (χ3v) is 2.99. The average molecular weight is 298 g/mol. The van der Waals surface area contributed by atoms with Crippen LogP contribution in [0, 0.1) is 19.3 Å². The molecule has 0 bridgehead atoms. The van der Waals surface area contributed by atoms with Gasteiger partial charge in [0.05, 0.1) is 5.69 Å². The van der Waals surface area contributed by atoms with Crippen molar-refractivity contribution in [3.63, 3.8) is 0 Å². The van der Waals surface area contributed by atoms with E-state index in [1.807, 2.05) is 26.0 Å². The molecule has 0 aliphatic rings. The number of aromatic nitrogens is 3. The summed E-state index contributed by atoms with van der Waals surface area (Å²) in [7, 11) is 1.74. The van der Waals surface area contributed by atoms with Crippen LogP contribution in [0.5, 0.6) is 5.75 Å². The first-order valence-electron chi connectivity index (χ1n) is 6.90. The van der Waals surface area contributed by atoms with E-state index in [2.05, 4.69) is 26.4 Å². The van der Waals surface area contributed by atoms with Gasteiger partial charge < -0.3 is 14.8 Å². The highest BCUT2D eigenvalue weighted by atomic mass is 16.7. The van der Waals surface area contributed by atoms with Crippen molar-refractivity contribution in [1.29, 1.82) is 0 Å². The maximum atomic E-state index is 5.66. The topological polar surface area (TPSA) is 69.2 Å². The van der Waals surface area contributed by atoms with Crippen LogP contribution in [0.25, 0.3) is 11.3 Å². The average Bonchev–Trinajstić information content (AvgIpc) is 2.55. The Bertz CT molecular complexity index is 695. The molecule has 0 unspecified atom stereocenters. The van der Waals surface area contributed by atoms with Gasteiger partial charge in [-0.2, -0.15) is 0 Å². The van der Waals surface area contributed by atoms with Crippen molar-refractivity contribution in [2.75, 3.05) is 25.8 Å². The summed E-state index contributed by atoms with van der Waals surface area (Å²) in [5.74, 6) is 3.65. The molecule has 1 N–H and O–H groups in total. The van der Waals surface area contributed by atoms with E-state index in [9.17, 15) is 0 Å². The van der Waals surface area contributed by atoms with E-state index in [4.69, 9.17) is 15.9 Å². The van der Waals surface area contributed by atoms with Crippen molar-refractivity contribution in [3.8, 4) is 29.4 Å². The van der Waals surface area contributed by atoms with Gasteiger partial charge in [0.25, 0.3) is 0 Å². The van der Waals surface area contributed by atoms with Crippen LogP contribution in [0.4, 0.5) is 5.95 Å². The van der Waals surface area contributed by atoms with Gasteiger partial charge in [-0.3, -0.25) is 0 Å². The lowest BCUT2D eigenvalue weighted by molar-refractivity contribution is 0.0227. The zero-order valence-electron chi connectivity index (χ0n) is 12.9. The van der Waals surface area contributed by atoms with Gasteiger partial charge in [-0.25, -0.2) is 4.98 Å². The van der Waals surface area contributed by atoms with E-state index in [0.29, 0.717) is 24.0 Å². The summed E-state index contributed by atoms with van der Waals surface area (Å²) in [6, 6.07) is 5.46. The Morgan fingerprint density at radius 1 is 1.32 bits per heavy atom. The Morgan fingerprint density at radius 3 is 2.77 bits per heavy atom. The molecule has 0 amide bonds. The summed E-state index contributed by atoms with van der Waals surface area (Å²) in [6.45, 7) is 4.48. The molecule has 0 aliphatic heterocycles. The maximum Gasteiger partial charge on any atom is 0.242 e. The molecule has 0 radical (unpaired) electrons. The van der Waals surface area contributed by atoms with Crippen molar-refractivity contribution in [2.24, 2.45) is 0 Å². The number of anilines is 1. The van der Waals surface area contributed by atoms with E-state index in [1.54, 1.807) is 13.1 Å². The van der Waals surface area contributed by atoms with Gasteiger partial charge in [-0.05, 0) is 32.0 Å². The molecule has 0 saturated heterocycles. The number of aryl methyl sites for hydroxylation is 1. The van der Waals surface area contributed by atoms with E-state index in [0.717, 1.165) is 16.8 Å². The zero-order chi connectivity index (χ0) is 15.9. The molecule has 1 aromatic carbocycles. The first-order chi connectivity index (χ1) is 10.7. The molecule has 22 heavy (non-hydrogen) atoms. The lowest BCUT2D eigenvalue weighted by Gasteiger charge is -2.12. The summed E-state index contributed by atoms with van der Waals surface area (Å²) < 4.78 is 10.9. The standard InChI is InChI=1S/C16H18N4O2/c1-5-12-7-8-13(14(9-12)22-10-21-6-2)15-11(3)18-16(17-4)20-19-15/h1,7-9H,6,10H2,2-4H3,(H,17,18,20). The first kappa shape index (κ1) is 15.7. The Balaban J connectivity index is 2.42. The van der Waals surface area contributed by atoms with Crippen molar-refractivity contribution < 1.29 is 9.47 Å². The van der Waals surface area contributed by atoms with Gasteiger partial charge in [0.2, 0.25) is 5.95 Å². The maximum absolute atomic E-state index is 5.66. The molecule has 0 aliphatic carbocycles. The molecular formula is C16H18N4O2. The minimum absolute atomic E-state index is 0.145. The fraction of sp³-hybridized carbons (Fsp3) is 0.312. The van der Waals surface area contributed by atoms with Crippen molar-refractivity contribution in [2.45, 2.75) is 13.8 Å². The number of terminal acetylenes is 1. The van der Waals surface area contributed by atoms with Gasteiger partial charge in [0.1, 0.15) is 11.4 Å². The summed E-state index contributed by atoms with van der Waals surface area (Å²) in [5, 5.41) is 11.1. The van der Waals surface area contributed by atoms with Crippen LogP contribution in [0.3, 0.4) is 0 Å². The van der Waals surface area contributed by atoms with Crippen LogP contribution >= 0.6 is 0 Å². The second-order valence-corrected chi connectivity index (χ2v) is 4.43. The van der Waals surface area contributed by atoms with Crippen LogP contribution < -0.4 is 10.1 Å². The largest absolute Gasteiger partial charge is 0.467 e. The predicted molar refractivity (Wildman–Crippen MR) is 84.6 cm³/mol. The number of nitrogens with zero attached hydrogens (tertiary/aromatic N) is 3. The number of benzene rings is 1. The minimum atomic E-state index is 0.145. The Morgan fingerprint density at radius 2 is 2.14 bits per heavy atom. The molecule has 2 aromatic rings. The van der Waals surface area contributed by atoms with E-state index in [1.165, 1.54) is 0 Å². The Hall–Kier alpha value is -2.65. The third-order valence-electron chi connectivity index (χ3n) is 2.99. The quantitative estimate of drug-likeness (QED) is 0.501. The van der Waals surface area contributed by atoms with Gasteiger partial charge in [0, 0.05) is 24.8 Å². The van der Waals surface area contributed by atoms with Crippen molar-refractivity contribution in [1.82, 2.24) is 15.2 Å². The zero-order valence-corrected chi connectivity index (χ0v) is 12.9. The summed E-state index contributed by atoms with van der Waals surface area (Å²) in [5.41, 5.74) is 2.89. The first-order valence-corrected chi connectivity index (χ1v) is 6.90. The number of hydrogen-bond donors (Lipinski definition) is 1. The molecular weight excluding hydrogens is 280 g/mol. The summed E-state index contributed by atoms with van der Waals surface area (Å²) >= 11 is 0. The highest BCUT2D eigenvalue weighted by Crippen LogP contribution is 2.31. The number of hydrogen-bond acceptors (Lipinski definition) is 6. The van der Waals surface area contributed by atoms with Crippen LogP contribution in [-0.4, -0.2) is 35.6 Å². The van der Waals surface area contributed by atoms with Crippen LogP contribution in [0.15, 0.2) is 18.2 Å². The molecule has 2 rings (SSSR count). The molecule has 1 heterocycles. The smallest absolute Gasteiger partial charge is 0.242 e. The highest BCUT2D eigenvalue weighted by molar-refractivity contribution is 5.70. The van der Waals surface area contributed by atoms with E-state index in [-0.39, 0.29) is 6.79 Å². The fourth-order valence-electron chi connectivity index (χ4n) is 1.87. The monoisotopic (exact) mass is 298 g/mol. The fourth-order valence-corrected chi connectivity index (χ4v) is 1.87. The van der Waals surface area contributed by atoms with Crippen LogP contribution in [0.2, 0.25) is 0 Å². The lowest BCUT2D eigenvalue weighted by Crippen LogP contribution is -2.06. The predicted octanol–water partition coefficient (Wildman–Crippen LogP) is 2.24. The van der Waals surface area contributed by atoms with Crippen molar-refractivity contribution >= 4 is 5.95 Å². The second kappa shape index (κ2) is 7.38. The number of ether oxygens (including phenoxy) is 2. The Kier molecular flexibility index (Phi) is 5.28. The van der Waals surface area contributed by atoms with Crippen molar-refractivity contribution in [3.05, 3.63) is 29.5 Å². The molecule has 1 aromatic heterocycles. The van der Waals surface area contributed by atoms with Crippen LogP contribution in [-0.2, 0) is 4.74 Å². The van der Waals surface area contributed by atoms with Gasteiger partial charge in [-0.15, -0.1) is 16.6 Å². The summed E-state index contributed by atoms with van der Waals surface area (Å²) in [4.78, 5) is 4.34. The molecule has 6 nitrogen and oxygen atoms in total. The molecule has 0 spiro atoms. The lowest BCUT2D eigenvalue weighted by atomic mass is 10.1. The molecule has 6 heteroatoms. The highest BCUT2D eigenvalue weighted by Gasteiger charge is 2.13. The SMILES string of the molecule is C#Cc1ccc(-c2nnc(NC)nc2C)c(OCOCC)c1. The van der Waals surface area contributed by atoms with Gasteiger partial charge in [0.15, 0.2) is 6.79 Å². The second-order valence-electron chi connectivity index (χ2n) is 4.43. The molecule has 0 fully saturated rings. The van der Waals surface area contributed by atoms with Gasteiger partial charge in [-0.1, -0.05) is 5.92 Å². The normalized spacial score (nSPS) is 10.1. The molecule has 114 valence electrons. The third kappa shape index (κ3) is 3.51. The van der Waals surface area contributed by atoms with E-state index >= 15 is 0 Å². The molecule has 0 atom stereocenters. The molecule has 0 saturated carbocycles. The number of nitrogens with one attached hydrogen (secondary N) is 1. The summed E-state index contributed by atoms with van der Waals surface area (Å²) in [6.07, 6.45) is 5.44. The number of rotatable bonds is 6. The Labute approximate surface area is 129 Å². The van der Waals surface area contributed by atoms with Crippen LogP contribution in [0.1, 0.15) is 18.2 Å².